The van der Waals surface area contributed by atoms with E-state index in [1.54, 1.807) is 0 Å². The van der Waals surface area contributed by atoms with E-state index in [4.69, 9.17) is 5.73 Å². The van der Waals surface area contributed by atoms with E-state index in [0.29, 0.717) is 17.8 Å². The normalized spacial score (nSPS) is 11.4. The van der Waals surface area contributed by atoms with Crippen molar-refractivity contribution in [1.29, 1.82) is 0 Å². The molecule has 142 valence electrons. The van der Waals surface area contributed by atoms with Crippen LogP contribution in [0.3, 0.4) is 0 Å². The molecule has 3 aromatic heterocycles. The minimum Gasteiger partial charge on any atom is -0.726 e. The van der Waals surface area contributed by atoms with Crippen LogP contribution in [-0.4, -0.2) is 44.4 Å². The van der Waals surface area contributed by atoms with Crippen molar-refractivity contribution in [3.05, 3.63) is 35.7 Å². The molecular formula is C14H20N6O5S. The standard InChI is InChI=1S/C13H16N6O.CH4O4S/c1-8-9(6-11-17(2)4-5-18(11)3)13(20)19-12(16-8)10(14)7-15-19;1-5-6(2,3)4/h4-5,7H,6,14H2,1-3H3;1H3,(H,2,3,4). The summed E-state index contributed by atoms with van der Waals surface area (Å²) in [5.74, 6) is 1.15. The van der Waals surface area contributed by atoms with Gasteiger partial charge in [-0.1, -0.05) is 0 Å². The average molecular weight is 384 g/mol. The first-order chi connectivity index (χ1) is 12.0. The van der Waals surface area contributed by atoms with Gasteiger partial charge in [-0.25, -0.2) is 22.5 Å². The Morgan fingerprint density at radius 2 is 2.08 bits per heavy atom. The number of nitrogens with two attached hydrogens (primary N) is 1. The van der Waals surface area contributed by atoms with E-state index in [-0.39, 0.29) is 5.88 Å². The van der Waals surface area contributed by atoms with Crippen molar-refractivity contribution in [2.75, 3.05) is 12.8 Å². The molecule has 3 N–H and O–H groups in total. The van der Waals surface area contributed by atoms with Crippen molar-refractivity contribution >= 4 is 21.7 Å². The van der Waals surface area contributed by atoms with Gasteiger partial charge in [0.15, 0.2) is 5.65 Å². The number of nitrogen functional groups attached to an aromatic ring is 1. The fraction of sp³-hybridized carbons (Fsp3) is 0.357. The monoisotopic (exact) mass is 384 g/mol. The summed E-state index contributed by atoms with van der Waals surface area (Å²) in [5, 5.41) is 14.5. The first-order valence-corrected chi connectivity index (χ1v) is 8.71. The summed E-state index contributed by atoms with van der Waals surface area (Å²) in [6, 6.07) is 0. The number of aromatic nitrogens is 5. The highest BCUT2D eigenvalue weighted by Gasteiger charge is 2.20. The molecule has 0 saturated heterocycles. The predicted molar refractivity (Wildman–Crippen MR) is 89.9 cm³/mol. The first kappa shape index (κ1) is 19.6. The number of hydrogen-bond donors (Lipinski definition) is 2. The lowest BCUT2D eigenvalue weighted by atomic mass is 10.1. The number of aryl methyl sites for hydroxylation is 3. The van der Waals surface area contributed by atoms with Crippen molar-refractivity contribution in [2.45, 2.75) is 13.3 Å². The third-order valence-corrected chi connectivity index (χ3v) is 4.23. The van der Waals surface area contributed by atoms with Gasteiger partial charge in [-0.3, -0.25) is 4.18 Å². The SMILES string of the molecule is COS(=O)(=O)[O-].Cc1nc2c(N)cnn2c(O)c1Cc1n(C)cc[n+]1C. The maximum absolute atomic E-state index is 10.4. The van der Waals surface area contributed by atoms with Crippen LogP contribution in [-0.2, 0) is 35.1 Å². The van der Waals surface area contributed by atoms with E-state index in [9.17, 15) is 18.1 Å². The third-order valence-electron chi connectivity index (χ3n) is 3.82. The average Bonchev–Trinajstić information content (AvgIpc) is 3.08. The molecule has 0 aromatic carbocycles. The van der Waals surface area contributed by atoms with Gasteiger partial charge in [-0.15, -0.1) is 0 Å². The topological polar surface area (TPSA) is 152 Å². The van der Waals surface area contributed by atoms with Crippen LogP contribution in [0.2, 0.25) is 0 Å². The van der Waals surface area contributed by atoms with Crippen molar-refractivity contribution in [3.63, 3.8) is 0 Å². The second-order valence-electron chi connectivity index (χ2n) is 5.52. The number of anilines is 1. The first-order valence-electron chi connectivity index (χ1n) is 7.38. The van der Waals surface area contributed by atoms with E-state index in [0.717, 1.165) is 24.2 Å². The van der Waals surface area contributed by atoms with E-state index in [2.05, 4.69) is 14.3 Å². The molecule has 26 heavy (non-hydrogen) atoms. The number of aromatic hydroxyl groups is 1. The molecule has 0 fully saturated rings. The molecule has 0 radical (unpaired) electrons. The lowest BCUT2D eigenvalue weighted by Gasteiger charge is -2.08. The second-order valence-corrected chi connectivity index (χ2v) is 6.67. The van der Waals surface area contributed by atoms with Gasteiger partial charge in [0.1, 0.15) is 12.4 Å². The minimum atomic E-state index is -4.41. The summed E-state index contributed by atoms with van der Waals surface area (Å²) in [7, 11) is 0.339. The van der Waals surface area contributed by atoms with Crippen molar-refractivity contribution in [2.24, 2.45) is 14.1 Å². The van der Waals surface area contributed by atoms with Gasteiger partial charge in [0, 0.05) is 11.3 Å². The molecular weight excluding hydrogens is 364 g/mol. The lowest BCUT2D eigenvalue weighted by Crippen LogP contribution is -2.32. The quantitative estimate of drug-likeness (QED) is 0.337. The number of hydrogen-bond acceptors (Lipinski definition) is 8. The molecule has 0 atom stereocenters. The Morgan fingerprint density at radius 3 is 2.58 bits per heavy atom. The lowest BCUT2D eigenvalue weighted by molar-refractivity contribution is -0.678. The van der Waals surface area contributed by atoms with Crippen LogP contribution in [0, 0.1) is 6.92 Å². The van der Waals surface area contributed by atoms with Gasteiger partial charge < -0.3 is 15.4 Å². The van der Waals surface area contributed by atoms with Crippen LogP contribution < -0.4 is 10.3 Å². The second kappa shape index (κ2) is 7.27. The zero-order valence-corrected chi connectivity index (χ0v) is 15.6. The van der Waals surface area contributed by atoms with Crippen LogP contribution in [0.15, 0.2) is 18.6 Å². The summed E-state index contributed by atoms with van der Waals surface area (Å²) in [6.45, 7) is 1.87. The van der Waals surface area contributed by atoms with E-state index >= 15 is 0 Å². The molecule has 0 saturated carbocycles. The molecule has 0 amide bonds. The smallest absolute Gasteiger partial charge is 0.260 e. The van der Waals surface area contributed by atoms with Crippen LogP contribution in [0.5, 0.6) is 5.88 Å². The molecule has 0 aliphatic carbocycles. The molecule has 3 heterocycles. The molecule has 0 spiro atoms. The van der Waals surface area contributed by atoms with E-state index in [1.165, 1.54) is 10.7 Å². The minimum absolute atomic E-state index is 0.0883. The van der Waals surface area contributed by atoms with E-state index < -0.39 is 10.4 Å². The predicted octanol–water partition coefficient (Wildman–Crippen LogP) is -0.828. The summed E-state index contributed by atoms with van der Waals surface area (Å²) in [4.78, 5) is 4.43. The van der Waals surface area contributed by atoms with Gasteiger partial charge in [-0.2, -0.15) is 9.61 Å². The number of rotatable bonds is 3. The van der Waals surface area contributed by atoms with E-state index in [1.807, 2.05) is 42.5 Å². The van der Waals surface area contributed by atoms with Crippen LogP contribution >= 0.6 is 0 Å². The Hall–Kier alpha value is -2.70. The molecule has 11 nitrogen and oxygen atoms in total. The Kier molecular flexibility index (Phi) is 5.49. The zero-order valence-electron chi connectivity index (χ0n) is 14.7. The third kappa shape index (κ3) is 4.09. The summed E-state index contributed by atoms with van der Waals surface area (Å²) >= 11 is 0. The Balaban J connectivity index is 0.000000352. The van der Waals surface area contributed by atoms with Crippen molar-refractivity contribution < 1.29 is 26.8 Å². The summed E-state index contributed by atoms with van der Waals surface area (Å²) < 4.78 is 36.4. The fourth-order valence-corrected chi connectivity index (χ4v) is 2.37. The fourth-order valence-electron chi connectivity index (χ4n) is 2.37. The highest BCUT2D eigenvalue weighted by Crippen LogP contribution is 2.25. The van der Waals surface area contributed by atoms with Gasteiger partial charge in [0.25, 0.3) is 5.82 Å². The van der Waals surface area contributed by atoms with Crippen molar-refractivity contribution in [1.82, 2.24) is 19.2 Å². The number of imidazole rings is 1. The summed E-state index contributed by atoms with van der Waals surface area (Å²) in [6.07, 6.45) is 6.01. The molecule has 12 heteroatoms. The Morgan fingerprint density at radius 1 is 1.46 bits per heavy atom. The number of nitrogens with zero attached hydrogens (tertiary/aromatic N) is 5. The molecule has 0 unspecified atom stereocenters. The van der Waals surface area contributed by atoms with Gasteiger partial charge in [0.2, 0.25) is 16.3 Å². The molecule has 0 bridgehead atoms. The molecule has 0 aliphatic heterocycles. The Labute approximate surface area is 150 Å². The van der Waals surface area contributed by atoms with Crippen LogP contribution in [0.1, 0.15) is 17.1 Å². The maximum atomic E-state index is 10.4. The van der Waals surface area contributed by atoms with Crippen molar-refractivity contribution in [3.8, 4) is 5.88 Å². The molecule has 3 aromatic rings. The number of fused-ring (bicyclic) bond motifs is 1. The van der Waals surface area contributed by atoms with Crippen LogP contribution in [0.4, 0.5) is 5.69 Å². The maximum Gasteiger partial charge on any atom is 0.260 e. The molecule has 3 rings (SSSR count). The highest BCUT2D eigenvalue weighted by atomic mass is 32.3. The summed E-state index contributed by atoms with van der Waals surface area (Å²) in [5.41, 5.74) is 8.23. The van der Waals surface area contributed by atoms with Gasteiger partial charge in [0.05, 0.1) is 39.5 Å². The largest absolute Gasteiger partial charge is 0.726 e. The van der Waals surface area contributed by atoms with Crippen LogP contribution in [0.25, 0.3) is 5.65 Å². The van der Waals surface area contributed by atoms with Gasteiger partial charge >= 0.3 is 0 Å². The molecule has 0 aliphatic rings. The highest BCUT2D eigenvalue weighted by molar-refractivity contribution is 7.80. The Bertz CT molecular complexity index is 1020. The zero-order chi connectivity index (χ0) is 19.6. The van der Waals surface area contributed by atoms with Gasteiger partial charge in [-0.05, 0) is 6.92 Å².